The van der Waals surface area contributed by atoms with Gasteiger partial charge in [0.2, 0.25) is 0 Å². The van der Waals surface area contributed by atoms with E-state index in [2.05, 4.69) is 36.3 Å². The van der Waals surface area contributed by atoms with Crippen molar-refractivity contribution in [3.05, 3.63) is 53.2 Å². The summed E-state index contributed by atoms with van der Waals surface area (Å²) in [6.07, 6.45) is 3.08. The molecule has 2 rings (SSSR count). The Bertz CT molecular complexity index is 542. The first-order valence-corrected chi connectivity index (χ1v) is 8.01. The zero-order chi connectivity index (χ0) is 14.4. The summed E-state index contributed by atoms with van der Waals surface area (Å²) in [5.41, 5.74) is 1.22. The minimum Gasteiger partial charge on any atom is -0.310 e. The second kappa shape index (κ2) is 7.67. The van der Waals surface area contributed by atoms with Crippen LogP contribution in [0.25, 0.3) is 0 Å². The Morgan fingerprint density at radius 1 is 1.30 bits per heavy atom. The molecule has 0 amide bonds. The average molecular weight is 307 g/mol. The molecule has 1 aromatic carbocycles. The van der Waals surface area contributed by atoms with Gasteiger partial charge in [0.05, 0.1) is 0 Å². The van der Waals surface area contributed by atoms with E-state index in [9.17, 15) is 0 Å². The summed E-state index contributed by atoms with van der Waals surface area (Å²) in [5, 5.41) is 5.20. The van der Waals surface area contributed by atoms with Crippen molar-refractivity contribution in [2.45, 2.75) is 36.2 Å². The Hall–Kier alpha value is -1.03. The highest BCUT2D eigenvalue weighted by Crippen LogP contribution is 2.28. The SMILES string of the molecule is CCCNC(C)c1ccc(Sc2cccc(Cl)c2)nc1. The monoisotopic (exact) mass is 306 g/mol. The number of nitrogens with zero attached hydrogens (tertiary/aromatic N) is 1. The van der Waals surface area contributed by atoms with Crippen LogP contribution < -0.4 is 5.32 Å². The van der Waals surface area contributed by atoms with E-state index in [-0.39, 0.29) is 0 Å². The zero-order valence-corrected chi connectivity index (χ0v) is 13.3. The van der Waals surface area contributed by atoms with E-state index in [1.807, 2.05) is 30.5 Å². The van der Waals surface area contributed by atoms with Crippen molar-refractivity contribution in [3.63, 3.8) is 0 Å². The van der Waals surface area contributed by atoms with Crippen molar-refractivity contribution in [2.75, 3.05) is 6.54 Å². The molecule has 0 spiro atoms. The van der Waals surface area contributed by atoms with Crippen molar-refractivity contribution in [1.29, 1.82) is 0 Å². The molecule has 0 aliphatic rings. The van der Waals surface area contributed by atoms with Crippen LogP contribution >= 0.6 is 23.4 Å². The number of rotatable bonds is 6. The lowest BCUT2D eigenvalue weighted by molar-refractivity contribution is 0.568. The molecule has 1 N–H and O–H groups in total. The van der Waals surface area contributed by atoms with E-state index in [4.69, 9.17) is 11.6 Å². The maximum Gasteiger partial charge on any atom is 0.101 e. The molecular formula is C16H19ClN2S. The number of aromatic nitrogens is 1. The standard InChI is InChI=1S/C16H19ClN2S/c1-3-9-18-12(2)13-7-8-16(19-11-13)20-15-6-4-5-14(17)10-15/h4-8,10-12,18H,3,9H2,1-2H3. The highest BCUT2D eigenvalue weighted by Gasteiger charge is 2.05. The summed E-state index contributed by atoms with van der Waals surface area (Å²) in [6, 6.07) is 12.4. The van der Waals surface area contributed by atoms with Gasteiger partial charge in [0.15, 0.2) is 0 Å². The molecule has 0 aliphatic heterocycles. The van der Waals surface area contributed by atoms with Crippen LogP contribution in [0.5, 0.6) is 0 Å². The van der Waals surface area contributed by atoms with Crippen LogP contribution in [0, 0.1) is 0 Å². The van der Waals surface area contributed by atoms with Crippen LogP contribution in [0.1, 0.15) is 31.9 Å². The van der Waals surface area contributed by atoms with Gasteiger partial charge in [-0.2, -0.15) is 0 Å². The van der Waals surface area contributed by atoms with E-state index >= 15 is 0 Å². The topological polar surface area (TPSA) is 24.9 Å². The third kappa shape index (κ3) is 4.51. The van der Waals surface area contributed by atoms with E-state index in [1.54, 1.807) is 11.8 Å². The van der Waals surface area contributed by atoms with E-state index in [0.29, 0.717) is 6.04 Å². The molecule has 2 aromatic rings. The van der Waals surface area contributed by atoms with Gasteiger partial charge in [-0.1, -0.05) is 42.4 Å². The van der Waals surface area contributed by atoms with E-state index in [0.717, 1.165) is 27.9 Å². The fraction of sp³-hybridized carbons (Fsp3) is 0.312. The summed E-state index contributed by atoms with van der Waals surface area (Å²) < 4.78 is 0. The third-order valence-electron chi connectivity index (χ3n) is 2.98. The molecule has 0 fully saturated rings. The summed E-state index contributed by atoms with van der Waals surface area (Å²) in [7, 11) is 0. The quantitative estimate of drug-likeness (QED) is 0.817. The maximum atomic E-state index is 5.98. The van der Waals surface area contributed by atoms with Crippen LogP contribution in [0.2, 0.25) is 5.02 Å². The Morgan fingerprint density at radius 3 is 2.80 bits per heavy atom. The predicted octanol–water partition coefficient (Wildman–Crippen LogP) is 4.95. The summed E-state index contributed by atoms with van der Waals surface area (Å²) in [4.78, 5) is 5.62. The van der Waals surface area contributed by atoms with Crippen molar-refractivity contribution < 1.29 is 0 Å². The molecule has 4 heteroatoms. The second-order valence-corrected chi connectivity index (χ2v) is 6.20. The highest BCUT2D eigenvalue weighted by molar-refractivity contribution is 7.99. The lowest BCUT2D eigenvalue weighted by atomic mass is 10.1. The van der Waals surface area contributed by atoms with Gasteiger partial charge in [-0.3, -0.25) is 0 Å². The average Bonchev–Trinajstić information content (AvgIpc) is 2.45. The zero-order valence-electron chi connectivity index (χ0n) is 11.8. The van der Waals surface area contributed by atoms with Crippen LogP contribution in [0.4, 0.5) is 0 Å². The number of pyridine rings is 1. The van der Waals surface area contributed by atoms with Crippen LogP contribution in [-0.2, 0) is 0 Å². The minimum absolute atomic E-state index is 0.340. The van der Waals surface area contributed by atoms with Crippen molar-refractivity contribution in [1.82, 2.24) is 10.3 Å². The van der Waals surface area contributed by atoms with Crippen LogP contribution in [-0.4, -0.2) is 11.5 Å². The molecule has 1 atom stereocenters. The molecule has 0 saturated carbocycles. The van der Waals surface area contributed by atoms with Gasteiger partial charge < -0.3 is 5.32 Å². The first-order valence-electron chi connectivity index (χ1n) is 6.82. The van der Waals surface area contributed by atoms with Gasteiger partial charge in [-0.05, 0) is 49.7 Å². The first-order chi connectivity index (χ1) is 9.69. The summed E-state index contributed by atoms with van der Waals surface area (Å²) in [6.45, 7) is 5.36. The van der Waals surface area contributed by atoms with Gasteiger partial charge in [-0.25, -0.2) is 4.98 Å². The van der Waals surface area contributed by atoms with Gasteiger partial charge >= 0.3 is 0 Å². The minimum atomic E-state index is 0.340. The van der Waals surface area contributed by atoms with Gasteiger partial charge in [-0.15, -0.1) is 0 Å². The number of benzene rings is 1. The molecule has 1 heterocycles. The lowest BCUT2D eigenvalue weighted by Crippen LogP contribution is -2.19. The molecule has 20 heavy (non-hydrogen) atoms. The highest BCUT2D eigenvalue weighted by atomic mass is 35.5. The largest absolute Gasteiger partial charge is 0.310 e. The molecule has 0 aliphatic carbocycles. The molecule has 0 saturated heterocycles. The Labute approximate surface area is 130 Å². The molecule has 1 aromatic heterocycles. The molecular weight excluding hydrogens is 288 g/mol. The summed E-state index contributed by atoms with van der Waals surface area (Å²) >= 11 is 7.61. The number of nitrogens with one attached hydrogen (secondary N) is 1. The predicted molar refractivity (Wildman–Crippen MR) is 86.5 cm³/mol. The molecule has 1 unspecified atom stereocenters. The van der Waals surface area contributed by atoms with Crippen molar-refractivity contribution in [3.8, 4) is 0 Å². The Kier molecular flexibility index (Phi) is 5.89. The van der Waals surface area contributed by atoms with Crippen LogP contribution in [0.15, 0.2) is 52.5 Å². The number of hydrogen-bond acceptors (Lipinski definition) is 3. The van der Waals surface area contributed by atoms with Crippen molar-refractivity contribution in [2.24, 2.45) is 0 Å². The van der Waals surface area contributed by atoms with Gasteiger partial charge in [0.25, 0.3) is 0 Å². The number of hydrogen-bond donors (Lipinski definition) is 1. The van der Waals surface area contributed by atoms with Crippen molar-refractivity contribution >= 4 is 23.4 Å². The Balaban J connectivity index is 2.01. The smallest absolute Gasteiger partial charge is 0.101 e. The maximum absolute atomic E-state index is 5.98. The van der Waals surface area contributed by atoms with Crippen LogP contribution in [0.3, 0.4) is 0 Å². The summed E-state index contributed by atoms with van der Waals surface area (Å²) in [5.74, 6) is 0. The van der Waals surface area contributed by atoms with E-state index < -0.39 is 0 Å². The van der Waals surface area contributed by atoms with Gasteiger partial charge in [0, 0.05) is 22.2 Å². The second-order valence-electron chi connectivity index (χ2n) is 4.67. The first kappa shape index (κ1) is 15.4. The molecule has 106 valence electrons. The molecule has 2 nitrogen and oxygen atoms in total. The Morgan fingerprint density at radius 2 is 2.15 bits per heavy atom. The fourth-order valence-electron chi connectivity index (χ4n) is 1.84. The normalized spacial score (nSPS) is 12.3. The third-order valence-corrected chi connectivity index (χ3v) is 4.15. The lowest BCUT2D eigenvalue weighted by Gasteiger charge is -2.13. The molecule has 0 radical (unpaired) electrons. The number of halogens is 1. The van der Waals surface area contributed by atoms with E-state index in [1.165, 1.54) is 5.56 Å². The van der Waals surface area contributed by atoms with Gasteiger partial charge in [0.1, 0.15) is 5.03 Å². The fourth-order valence-corrected chi connectivity index (χ4v) is 2.91. The molecule has 0 bridgehead atoms.